The minimum Gasteiger partial charge on any atom is -0.376 e. The Hall–Kier alpha value is -3.03. The molecule has 0 aliphatic rings. The highest BCUT2D eigenvalue weighted by Crippen LogP contribution is 2.26. The Morgan fingerprint density at radius 2 is 1.83 bits per heavy atom. The Morgan fingerprint density at radius 1 is 1.12 bits per heavy atom. The quantitative estimate of drug-likeness (QED) is 0.646. The number of carbonyl (C=O) groups is 1. The van der Waals surface area contributed by atoms with Crippen LogP contribution in [0.5, 0.6) is 0 Å². The number of nitrogens with one attached hydrogen (secondary N) is 2. The van der Waals surface area contributed by atoms with Crippen LogP contribution in [0.15, 0.2) is 30.3 Å². The standard InChI is InChI=1S/C16H15F2N3O3/c1-9-5-10(2)15(21(23)24)7-14(9)19-8-16(22)20-11-3-4-12(17)13(18)6-11/h3-7,19H,8H2,1-2H3,(H,20,22). The molecule has 0 aliphatic heterocycles. The van der Waals surface area contributed by atoms with E-state index in [0.717, 1.165) is 17.7 Å². The van der Waals surface area contributed by atoms with Gasteiger partial charge in [0.25, 0.3) is 5.69 Å². The van der Waals surface area contributed by atoms with Gasteiger partial charge >= 0.3 is 0 Å². The van der Waals surface area contributed by atoms with Crippen LogP contribution < -0.4 is 10.6 Å². The maximum Gasteiger partial charge on any atom is 0.274 e. The number of aryl methyl sites for hydroxylation is 2. The Kier molecular flexibility index (Phi) is 5.08. The van der Waals surface area contributed by atoms with E-state index >= 15 is 0 Å². The Bertz CT molecular complexity index is 809. The van der Waals surface area contributed by atoms with Gasteiger partial charge in [0.15, 0.2) is 11.6 Å². The van der Waals surface area contributed by atoms with Crippen molar-refractivity contribution >= 4 is 23.0 Å². The maximum atomic E-state index is 13.1. The molecule has 2 aromatic carbocycles. The van der Waals surface area contributed by atoms with Gasteiger partial charge in [-0.25, -0.2) is 8.78 Å². The molecule has 8 heteroatoms. The molecule has 0 fully saturated rings. The Balaban J connectivity index is 2.05. The second kappa shape index (κ2) is 7.03. The molecule has 0 aromatic heterocycles. The van der Waals surface area contributed by atoms with Gasteiger partial charge in [0, 0.05) is 29.1 Å². The summed E-state index contributed by atoms with van der Waals surface area (Å²) in [7, 11) is 0. The zero-order valence-electron chi connectivity index (χ0n) is 13.0. The summed E-state index contributed by atoms with van der Waals surface area (Å²) in [6.45, 7) is 3.21. The molecule has 2 aromatic rings. The van der Waals surface area contributed by atoms with Crippen molar-refractivity contribution in [2.75, 3.05) is 17.2 Å². The number of amides is 1. The molecule has 0 spiro atoms. The number of nitrogens with zero attached hydrogens (tertiary/aromatic N) is 1. The SMILES string of the molecule is Cc1cc(C)c([N+](=O)[O-])cc1NCC(=O)Nc1ccc(F)c(F)c1. The van der Waals surface area contributed by atoms with Gasteiger partial charge in [0.2, 0.25) is 5.91 Å². The van der Waals surface area contributed by atoms with Crippen LogP contribution >= 0.6 is 0 Å². The smallest absolute Gasteiger partial charge is 0.274 e. The zero-order valence-corrected chi connectivity index (χ0v) is 13.0. The van der Waals surface area contributed by atoms with E-state index in [4.69, 9.17) is 0 Å². The highest BCUT2D eigenvalue weighted by Gasteiger charge is 2.14. The number of halogens is 2. The molecule has 2 rings (SSSR count). The average Bonchev–Trinajstić information content (AvgIpc) is 2.49. The van der Waals surface area contributed by atoms with E-state index < -0.39 is 22.5 Å². The molecule has 2 N–H and O–H groups in total. The van der Waals surface area contributed by atoms with Crippen molar-refractivity contribution < 1.29 is 18.5 Å². The van der Waals surface area contributed by atoms with Gasteiger partial charge in [-0.3, -0.25) is 14.9 Å². The number of nitro groups is 1. The summed E-state index contributed by atoms with van der Waals surface area (Å²) >= 11 is 0. The highest BCUT2D eigenvalue weighted by molar-refractivity contribution is 5.93. The lowest BCUT2D eigenvalue weighted by atomic mass is 10.1. The first-order valence-electron chi connectivity index (χ1n) is 7.02. The fourth-order valence-corrected chi connectivity index (χ4v) is 2.18. The second-order valence-electron chi connectivity index (χ2n) is 5.24. The molecular weight excluding hydrogens is 320 g/mol. The lowest BCUT2D eigenvalue weighted by molar-refractivity contribution is -0.385. The molecular formula is C16H15F2N3O3. The monoisotopic (exact) mass is 335 g/mol. The predicted molar refractivity (Wildman–Crippen MR) is 86.0 cm³/mol. The second-order valence-corrected chi connectivity index (χ2v) is 5.24. The van der Waals surface area contributed by atoms with E-state index in [9.17, 15) is 23.7 Å². The fraction of sp³-hybridized carbons (Fsp3) is 0.188. The topological polar surface area (TPSA) is 84.3 Å². The summed E-state index contributed by atoms with van der Waals surface area (Å²) in [6.07, 6.45) is 0. The van der Waals surface area contributed by atoms with Crippen LogP contribution in [-0.2, 0) is 4.79 Å². The van der Waals surface area contributed by atoms with E-state index in [2.05, 4.69) is 10.6 Å². The minimum absolute atomic E-state index is 0.0517. The van der Waals surface area contributed by atoms with Gasteiger partial charge < -0.3 is 10.6 Å². The van der Waals surface area contributed by atoms with Gasteiger partial charge in [-0.2, -0.15) is 0 Å². The van der Waals surface area contributed by atoms with Gasteiger partial charge in [0.05, 0.1) is 11.5 Å². The van der Waals surface area contributed by atoms with Gasteiger partial charge in [0.1, 0.15) is 0 Å². The first-order valence-corrected chi connectivity index (χ1v) is 7.02. The third kappa shape index (κ3) is 4.03. The average molecular weight is 335 g/mol. The third-order valence-electron chi connectivity index (χ3n) is 3.38. The van der Waals surface area contributed by atoms with E-state index in [1.54, 1.807) is 19.9 Å². The van der Waals surface area contributed by atoms with Crippen molar-refractivity contribution in [2.24, 2.45) is 0 Å². The number of benzene rings is 2. The number of rotatable bonds is 5. The van der Waals surface area contributed by atoms with Crippen molar-refractivity contribution in [1.82, 2.24) is 0 Å². The fourth-order valence-electron chi connectivity index (χ4n) is 2.18. The largest absolute Gasteiger partial charge is 0.376 e. The van der Waals surface area contributed by atoms with Crippen molar-refractivity contribution in [2.45, 2.75) is 13.8 Å². The van der Waals surface area contributed by atoms with E-state index in [1.165, 1.54) is 12.1 Å². The lowest BCUT2D eigenvalue weighted by Crippen LogP contribution is -2.22. The first kappa shape index (κ1) is 17.3. The van der Waals surface area contributed by atoms with Crippen LogP contribution in [0.3, 0.4) is 0 Å². The number of anilines is 2. The van der Waals surface area contributed by atoms with Crippen LogP contribution in [0.25, 0.3) is 0 Å². The van der Waals surface area contributed by atoms with Crippen LogP contribution in [0.4, 0.5) is 25.8 Å². The molecule has 0 saturated heterocycles. The number of nitro benzene ring substituents is 1. The van der Waals surface area contributed by atoms with E-state index in [-0.39, 0.29) is 17.9 Å². The van der Waals surface area contributed by atoms with Crippen molar-refractivity contribution in [3.63, 3.8) is 0 Å². The van der Waals surface area contributed by atoms with Crippen LogP contribution in [0, 0.1) is 35.6 Å². The molecule has 24 heavy (non-hydrogen) atoms. The summed E-state index contributed by atoms with van der Waals surface area (Å²) < 4.78 is 25.9. The summed E-state index contributed by atoms with van der Waals surface area (Å²) in [6, 6.07) is 6.02. The van der Waals surface area contributed by atoms with Gasteiger partial charge in [-0.15, -0.1) is 0 Å². The Morgan fingerprint density at radius 3 is 2.46 bits per heavy atom. The minimum atomic E-state index is -1.06. The third-order valence-corrected chi connectivity index (χ3v) is 3.38. The molecule has 6 nitrogen and oxygen atoms in total. The number of hydrogen-bond donors (Lipinski definition) is 2. The van der Waals surface area contributed by atoms with Gasteiger partial charge in [-0.1, -0.05) is 0 Å². The molecule has 0 atom stereocenters. The number of hydrogen-bond acceptors (Lipinski definition) is 4. The lowest BCUT2D eigenvalue weighted by Gasteiger charge is -2.11. The molecule has 0 aliphatic carbocycles. The molecule has 0 unspecified atom stereocenters. The summed E-state index contributed by atoms with van der Waals surface area (Å²) in [4.78, 5) is 22.3. The van der Waals surface area contributed by atoms with Crippen molar-refractivity contribution in [3.05, 3.63) is 63.2 Å². The summed E-state index contributed by atoms with van der Waals surface area (Å²) in [5.74, 6) is -2.57. The zero-order chi connectivity index (χ0) is 17.9. The Labute approximate surface area is 136 Å². The molecule has 1 amide bonds. The maximum absolute atomic E-state index is 13.1. The molecule has 0 bridgehead atoms. The van der Waals surface area contributed by atoms with Crippen LogP contribution in [0.1, 0.15) is 11.1 Å². The summed E-state index contributed by atoms with van der Waals surface area (Å²) in [5.41, 5.74) is 1.79. The highest BCUT2D eigenvalue weighted by atomic mass is 19.2. The molecule has 0 radical (unpaired) electrons. The predicted octanol–water partition coefficient (Wildman–Crippen LogP) is 3.54. The van der Waals surface area contributed by atoms with Crippen molar-refractivity contribution in [1.29, 1.82) is 0 Å². The molecule has 126 valence electrons. The van der Waals surface area contributed by atoms with E-state index in [1.807, 2.05) is 0 Å². The first-order chi connectivity index (χ1) is 11.3. The molecule has 0 heterocycles. The normalized spacial score (nSPS) is 10.3. The van der Waals surface area contributed by atoms with Crippen LogP contribution in [0.2, 0.25) is 0 Å². The van der Waals surface area contributed by atoms with Gasteiger partial charge in [-0.05, 0) is 37.6 Å². The summed E-state index contributed by atoms with van der Waals surface area (Å²) in [5, 5.41) is 16.2. The molecule has 0 saturated carbocycles. The number of carbonyl (C=O) groups excluding carboxylic acids is 1. The van der Waals surface area contributed by atoms with E-state index in [0.29, 0.717) is 11.3 Å². The van der Waals surface area contributed by atoms with Crippen LogP contribution in [-0.4, -0.2) is 17.4 Å². The van der Waals surface area contributed by atoms with Crippen molar-refractivity contribution in [3.8, 4) is 0 Å².